The Bertz CT molecular complexity index is 274. The van der Waals surface area contributed by atoms with Crippen LogP contribution in [-0.4, -0.2) is 25.8 Å². The van der Waals surface area contributed by atoms with Gasteiger partial charge in [-0.3, -0.25) is 4.79 Å². The van der Waals surface area contributed by atoms with Crippen LogP contribution in [0.1, 0.15) is 39.5 Å². The van der Waals surface area contributed by atoms with Gasteiger partial charge in [0.2, 0.25) is 0 Å². The zero-order valence-corrected chi connectivity index (χ0v) is 10.5. The van der Waals surface area contributed by atoms with Crippen LogP contribution in [-0.2, 0) is 14.3 Å². The molecule has 0 amide bonds. The van der Waals surface area contributed by atoms with E-state index in [1.165, 1.54) is 13.5 Å². The lowest BCUT2D eigenvalue weighted by molar-refractivity contribution is -0.161. The van der Waals surface area contributed by atoms with Gasteiger partial charge in [0.15, 0.2) is 0 Å². The summed E-state index contributed by atoms with van der Waals surface area (Å²) in [5.74, 6) is 1.22. The van der Waals surface area contributed by atoms with Gasteiger partial charge in [0.25, 0.3) is 0 Å². The van der Waals surface area contributed by atoms with Crippen molar-refractivity contribution in [3.05, 3.63) is 0 Å². The number of esters is 1. The van der Waals surface area contributed by atoms with E-state index >= 15 is 0 Å². The summed E-state index contributed by atoms with van der Waals surface area (Å²) >= 11 is 0. The lowest BCUT2D eigenvalue weighted by Gasteiger charge is -2.40. The zero-order valence-electron chi connectivity index (χ0n) is 10.5. The summed E-state index contributed by atoms with van der Waals surface area (Å²) in [5, 5.41) is 0. The first kappa shape index (κ1) is 11.9. The molecule has 1 saturated carbocycles. The highest BCUT2D eigenvalue weighted by Gasteiger charge is 2.54. The molecule has 0 aromatic heterocycles. The molecule has 3 nitrogen and oxygen atoms in total. The summed E-state index contributed by atoms with van der Waals surface area (Å²) in [6.07, 6.45) is 4.09. The predicted octanol–water partition coefficient (Wildman–Crippen LogP) is 2.39. The van der Waals surface area contributed by atoms with Crippen molar-refractivity contribution < 1.29 is 14.3 Å². The Morgan fingerprint density at radius 1 is 1.44 bits per heavy atom. The molecular formula is C13H22O3. The molecule has 1 heterocycles. The third-order valence-electron chi connectivity index (χ3n) is 4.44. The van der Waals surface area contributed by atoms with Gasteiger partial charge in [0.05, 0.1) is 18.6 Å². The summed E-state index contributed by atoms with van der Waals surface area (Å²) in [6.45, 7) is 5.20. The van der Waals surface area contributed by atoms with E-state index in [1.54, 1.807) is 0 Å². The average Bonchev–Trinajstić information content (AvgIpc) is 2.71. The van der Waals surface area contributed by atoms with E-state index in [2.05, 4.69) is 13.8 Å². The van der Waals surface area contributed by atoms with Crippen molar-refractivity contribution in [1.82, 2.24) is 0 Å². The van der Waals surface area contributed by atoms with Crippen LogP contribution >= 0.6 is 0 Å². The molecule has 3 heteroatoms. The largest absolute Gasteiger partial charge is 0.469 e. The molecule has 3 atom stereocenters. The Labute approximate surface area is 97.5 Å². The van der Waals surface area contributed by atoms with Crippen LogP contribution in [0.15, 0.2) is 0 Å². The van der Waals surface area contributed by atoms with E-state index in [-0.39, 0.29) is 17.5 Å². The minimum atomic E-state index is -0.331. The fourth-order valence-corrected chi connectivity index (χ4v) is 3.32. The number of carbonyl (C=O) groups is 1. The Morgan fingerprint density at radius 2 is 2.19 bits per heavy atom. The lowest BCUT2D eigenvalue weighted by Crippen LogP contribution is -2.45. The third-order valence-corrected chi connectivity index (χ3v) is 4.44. The van der Waals surface area contributed by atoms with E-state index in [0.717, 1.165) is 19.3 Å². The Balaban J connectivity index is 2.19. The first-order valence-electron chi connectivity index (χ1n) is 6.30. The van der Waals surface area contributed by atoms with Crippen molar-refractivity contribution in [2.45, 2.75) is 45.6 Å². The van der Waals surface area contributed by atoms with Gasteiger partial charge in [-0.1, -0.05) is 13.8 Å². The fraction of sp³-hybridized carbons (Fsp3) is 0.923. The molecule has 1 saturated heterocycles. The van der Waals surface area contributed by atoms with E-state index in [9.17, 15) is 4.79 Å². The molecule has 92 valence electrons. The molecule has 0 N–H and O–H groups in total. The minimum Gasteiger partial charge on any atom is -0.469 e. The third kappa shape index (κ3) is 1.75. The second-order valence-electron chi connectivity index (χ2n) is 5.54. The van der Waals surface area contributed by atoms with Gasteiger partial charge >= 0.3 is 5.97 Å². The van der Waals surface area contributed by atoms with Crippen LogP contribution in [0, 0.1) is 17.3 Å². The van der Waals surface area contributed by atoms with E-state index in [1.807, 2.05) is 0 Å². The van der Waals surface area contributed by atoms with E-state index < -0.39 is 0 Å². The summed E-state index contributed by atoms with van der Waals surface area (Å²) in [6, 6.07) is 0. The molecule has 1 aliphatic heterocycles. The second-order valence-corrected chi connectivity index (χ2v) is 5.54. The SMILES string of the molecule is COC(=O)[C@]12CCO[C@@H]1CC[C@@H](C(C)C)C2. The number of rotatable bonds is 2. The molecule has 0 unspecified atom stereocenters. The van der Waals surface area contributed by atoms with Crippen molar-refractivity contribution in [2.24, 2.45) is 17.3 Å². The molecule has 2 aliphatic rings. The van der Waals surface area contributed by atoms with Crippen molar-refractivity contribution in [2.75, 3.05) is 13.7 Å². The Morgan fingerprint density at radius 3 is 2.81 bits per heavy atom. The lowest BCUT2D eigenvalue weighted by atomic mass is 9.64. The summed E-state index contributed by atoms with van der Waals surface area (Å²) < 4.78 is 10.7. The van der Waals surface area contributed by atoms with Gasteiger partial charge in [-0.25, -0.2) is 0 Å². The quantitative estimate of drug-likeness (QED) is 0.678. The topological polar surface area (TPSA) is 35.5 Å². The highest BCUT2D eigenvalue weighted by molar-refractivity contribution is 5.78. The Kier molecular flexibility index (Phi) is 3.24. The molecule has 1 aliphatic carbocycles. The maximum atomic E-state index is 12.0. The van der Waals surface area contributed by atoms with Gasteiger partial charge in [0.1, 0.15) is 0 Å². The summed E-state index contributed by atoms with van der Waals surface area (Å²) in [7, 11) is 1.49. The summed E-state index contributed by atoms with van der Waals surface area (Å²) in [5.41, 5.74) is -0.331. The molecule has 0 spiro atoms. The molecule has 0 aromatic carbocycles. The average molecular weight is 226 g/mol. The maximum Gasteiger partial charge on any atom is 0.314 e. The second kappa shape index (κ2) is 4.36. The van der Waals surface area contributed by atoms with Gasteiger partial charge in [-0.15, -0.1) is 0 Å². The normalized spacial score (nSPS) is 38.5. The highest BCUT2D eigenvalue weighted by Crippen LogP contribution is 2.50. The first-order valence-corrected chi connectivity index (χ1v) is 6.30. The van der Waals surface area contributed by atoms with E-state index in [4.69, 9.17) is 9.47 Å². The number of hydrogen-bond donors (Lipinski definition) is 0. The number of hydrogen-bond acceptors (Lipinski definition) is 3. The minimum absolute atomic E-state index is 0.0552. The highest BCUT2D eigenvalue weighted by atomic mass is 16.5. The molecule has 0 bridgehead atoms. The van der Waals surface area contributed by atoms with Gasteiger partial charge in [0, 0.05) is 6.61 Å². The van der Waals surface area contributed by atoms with Crippen molar-refractivity contribution in [1.29, 1.82) is 0 Å². The summed E-state index contributed by atoms with van der Waals surface area (Å²) in [4.78, 5) is 12.0. The first-order chi connectivity index (χ1) is 7.60. The van der Waals surface area contributed by atoms with Gasteiger partial charge < -0.3 is 9.47 Å². The molecule has 0 aromatic rings. The predicted molar refractivity (Wildman–Crippen MR) is 61.0 cm³/mol. The number of methoxy groups -OCH3 is 1. The van der Waals surface area contributed by atoms with Crippen molar-refractivity contribution >= 4 is 5.97 Å². The van der Waals surface area contributed by atoms with Crippen LogP contribution in [0.2, 0.25) is 0 Å². The van der Waals surface area contributed by atoms with Crippen LogP contribution < -0.4 is 0 Å². The zero-order chi connectivity index (χ0) is 11.8. The van der Waals surface area contributed by atoms with Crippen molar-refractivity contribution in [3.8, 4) is 0 Å². The molecule has 0 radical (unpaired) electrons. The number of ether oxygens (including phenoxy) is 2. The van der Waals surface area contributed by atoms with Crippen molar-refractivity contribution in [3.63, 3.8) is 0 Å². The maximum absolute atomic E-state index is 12.0. The fourth-order valence-electron chi connectivity index (χ4n) is 3.32. The number of carbonyl (C=O) groups excluding carboxylic acids is 1. The monoisotopic (exact) mass is 226 g/mol. The molecule has 16 heavy (non-hydrogen) atoms. The van der Waals surface area contributed by atoms with Crippen LogP contribution in [0.25, 0.3) is 0 Å². The molecule has 2 rings (SSSR count). The standard InChI is InChI=1S/C13H22O3/c1-9(2)10-4-5-11-13(8-10,6-7-16-11)12(14)15-3/h9-11H,4-8H2,1-3H3/t10-,11-,13+/m1/s1. The van der Waals surface area contributed by atoms with Crippen LogP contribution in [0.3, 0.4) is 0 Å². The smallest absolute Gasteiger partial charge is 0.314 e. The van der Waals surface area contributed by atoms with Crippen LogP contribution in [0.5, 0.6) is 0 Å². The number of fused-ring (bicyclic) bond motifs is 1. The van der Waals surface area contributed by atoms with E-state index in [0.29, 0.717) is 18.4 Å². The molecule has 2 fully saturated rings. The van der Waals surface area contributed by atoms with Crippen LogP contribution in [0.4, 0.5) is 0 Å². The Hall–Kier alpha value is -0.570. The molecular weight excluding hydrogens is 204 g/mol. The van der Waals surface area contributed by atoms with Gasteiger partial charge in [-0.2, -0.15) is 0 Å². The van der Waals surface area contributed by atoms with Gasteiger partial charge in [-0.05, 0) is 37.5 Å².